The van der Waals surface area contributed by atoms with Crippen LogP contribution >= 0.6 is 0 Å². The van der Waals surface area contributed by atoms with Crippen LogP contribution < -0.4 is 27.4 Å². The van der Waals surface area contributed by atoms with Gasteiger partial charge in [-0.05, 0) is 35.6 Å². The second-order valence-corrected chi connectivity index (χ2v) is 9.86. The zero-order valence-electron chi connectivity index (χ0n) is 22.5. The van der Waals surface area contributed by atoms with E-state index in [-0.39, 0.29) is 31.4 Å². The molecule has 0 heterocycles. The number of nitrogens with two attached hydrogens (primary N) is 2. The molecule has 12 nitrogen and oxygen atoms in total. The number of benzene rings is 2. The zero-order valence-corrected chi connectivity index (χ0v) is 22.5. The molecule has 2 rings (SSSR count). The number of aliphatic carboxylic acids is 1. The minimum absolute atomic E-state index is 0.00250. The van der Waals surface area contributed by atoms with Gasteiger partial charge in [0.15, 0.2) is 0 Å². The maximum Gasteiger partial charge on any atom is 0.326 e. The molecule has 0 aliphatic rings. The van der Waals surface area contributed by atoms with Gasteiger partial charge in [0.05, 0.1) is 6.04 Å². The first kappa shape index (κ1) is 31.8. The van der Waals surface area contributed by atoms with E-state index >= 15 is 0 Å². The molecule has 0 fully saturated rings. The Morgan fingerprint density at radius 2 is 1.32 bits per heavy atom. The van der Waals surface area contributed by atoms with Gasteiger partial charge in [0, 0.05) is 19.3 Å². The van der Waals surface area contributed by atoms with Crippen molar-refractivity contribution in [2.24, 2.45) is 17.4 Å². The second-order valence-electron chi connectivity index (χ2n) is 9.86. The first-order valence-corrected chi connectivity index (χ1v) is 12.9. The van der Waals surface area contributed by atoms with E-state index in [9.17, 15) is 34.2 Å². The Labute approximate surface area is 232 Å². The summed E-state index contributed by atoms with van der Waals surface area (Å²) >= 11 is 0. The summed E-state index contributed by atoms with van der Waals surface area (Å²) in [4.78, 5) is 62.2. The number of primary amides is 1. The number of carboxylic acid groups (broad SMARTS) is 1. The summed E-state index contributed by atoms with van der Waals surface area (Å²) in [5.41, 5.74) is 12.2. The minimum Gasteiger partial charge on any atom is -0.508 e. The summed E-state index contributed by atoms with van der Waals surface area (Å²) in [6.45, 7) is 3.38. The molecule has 4 unspecified atom stereocenters. The predicted molar refractivity (Wildman–Crippen MR) is 147 cm³/mol. The standard InChI is InChI=1S/C28H37N5O7/c1-16(2)24(33-25(36)20(29)12-13-23(30)35)27(38)31-21(14-18-8-10-19(34)11-9-18)26(37)32-22(28(39)40)15-17-6-4-3-5-7-17/h3-11,16,20-22,24,34H,12-15,29H2,1-2H3,(H2,30,35)(H,31,38)(H,32,37)(H,33,36)(H,39,40). The Balaban J connectivity index is 2.23. The SMILES string of the molecule is CC(C)C(NC(=O)C(N)CCC(N)=O)C(=O)NC(Cc1ccc(O)cc1)C(=O)NC(Cc1ccccc1)C(=O)O. The van der Waals surface area contributed by atoms with Gasteiger partial charge >= 0.3 is 5.97 Å². The van der Waals surface area contributed by atoms with Crippen molar-refractivity contribution >= 4 is 29.6 Å². The number of carbonyl (C=O) groups excluding carboxylic acids is 4. The highest BCUT2D eigenvalue weighted by atomic mass is 16.4. The van der Waals surface area contributed by atoms with Gasteiger partial charge in [0.25, 0.3) is 0 Å². The molecule has 9 N–H and O–H groups in total. The predicted octanol–water partition coefficient (Wildman–Crippen LogP) is -0.0348. The molecule has 0 bridgehead atoms. The summed E-state index contributed by atoms with van der Waals surface area (Å²) in [7, 11) is 0. The molecule has 0 radical (unpaired) electrons. The number of nitrogens with one attached hydrogen (secondary N) is 3. The van der Waals surface area contributed by atoms with Gasteiger partial charge in [-0.3, -0.25) is 19.2 Å². The molecule has 4 atom stereocenters. The normalized spacial score (nSPS) is 13.9. The number of carbonyl (C=O) groups is 5. The van der Waals surface area contributed by atoms with Gasteiger partial charge in [-0.2, -0.15) is 0 Å². The van der Waals surface area contributed by atoms with Crippen LogP contribution in [0.25, 0.3) is 0 Å². The lowest BCUT2D eigenvalue weighted by atomic mass is 9.99. The Kier molecular flexibility index (Phi) is 12.1. The first-order chi connectivity index (χ1) is 18.9. The topological polar surface area (TPSA) is 214 Å². The molecule has 2 aromatic rings. The lowest BCUT2D eigenvalue weighted by molar-refractivity contribution is -0.142. The monoisotopic (exact) mass is 555 g/mol. The van der Waals surface area contributed by atoms with Crippen LogP contribution in [-0.2, 0) is 36.8 Å². The van der Waals surface area contributed by atoms with Crippen molar-refractivity contribution in [2.75, 3.05) is 0 Å². The van der Waals surface area contributed by atoms with Crippen LogP contribution in [0, 0.1) is 5.92 Å². The van der Waals surface area contributed by atoms with E-state index in [1.165, 1.54) is 12.1 Å². The minimum atomic E-state index is -1.27. The van der Waals surface area contributed by atoms with E-state index in [4.69, 9.17) is 11.5 Å². The molecule has 0 saturated heterocycles. The van der Waals surface area contributed by atoms with Gasteiger partial charge in [-0.25, -0.2) is 4.79 Å². The Bertz CT molecular complexity index is 1170. The average Bonchev–Trinajstić information content (AvgIpc) is 2.90. The number of hydrogen-bond acceptors (Lipinski definition) is 7. The number of hydrogen-bond donors (Lipinski definition) is 7. The maximum atomic E-state index is 13.3. The van der Waals surface area contributed by atoms with Crippen LogP contribution in [0.4, 0.5) is 0 Å². The number of aromatic hydroxyl groups is 1. The molecule has 0 aliphatic heterocycles. The quantitative estimate of drug-likeness (QED) is 0.158. The first-order valence-electron chi connectivity index (χ1n) is 12.9. The fraction of sp³-hybridized carbons (Fsp3) is 0.393. The van der Waals surface area contributed by atoms with E-state index in [0.717, 1.165) is 0 Å². The van der Waals surface area contributed by atoms with Gasteiger partial charge < -0.3 is 37.6 Å². The van der Waals surface area contributed by atoms with Crippen LogP contribution in [0.2, 0.25) is 0 Å². The molecule has 12 heteroatoms. The van der Waals surface area contributed by atoms with Crippen molar-refractivity contribution in [3.05, 3.63) is 65.7 Å². The van der Waals surface area contributed by atoms with Crippen molar-refractivity contribution in [2.45, 2.75) is 63.7 Å². The number of carboxylic acids is 1. The Morgan fingerprint density at radius 3 is 1.88 bits per heavy atom. The lowest BCUT2D eigenvalue weighted by Gasteiger charge is -2.27. The zero-order chi connectivity index (χ0) is 29.8. The Hall–Kier alpha value is -4.45. The van der Waals surface area contributed by atoms with Gasteiger partial charge in [-0.15, -0.1) is 0 Å². The number of rotatable bonds is 15. The van der Waals surface area contributed by atoms with Crippen molar-refractivity contribution in [3.8, 4) is 5.75 Å². The molecule has 2 aromatic carbocycles. The third-order valence-corrected chi connectivity index (χ3v) is 6.19. The van der Waals surface area contributed by atoms with E-state index in [1.807, 2.05) is 0 Å². The number of amides is 4. The molecular weight excluding hydrogens is 518 g/mol. The van der Waals surface area contributed by atoms with E-state index in [1.54, 1.807) is 56.3 Å². The fourth-order valence-electron chi connectivity index (χ4n) is 3.88. The smallest absolute Gasteiger partial charge is 0.326 e. The molecule has 0 saturated carbocycles. The highest BCUT2D eigenvalue weighted by Crippen LogP contribution is 2.13. The van der Waals surface area contributed by atoms with Crippen molar-refractivity contribution in [3.63, 3.8) is 0 Å². The molecule has 0 aliphatic carbocycles. The molecule has 216 valence electrons. The van der Waals surface area contributed by atoms with Crippen LogP contribution in [0.1, 0.15) is 37.8 Å². The largest absolute Gasteiger partial charge is 0.508 e. The van der Waals surface area contributed by atoms with E-state index in [0.29, 0.717) is 11.1 Å². The van der Waals surface area contributed by atoms with E-state index < -0.39 is 59.7 Å². The third kappa shape index (κ3) is 10.4. The van der Waals surface area contributed by atoms with Crippen molar-refractivity contribution in [1.29, 1.82) is 0 Å². The Morgan fingerprint density at radius 1 is 0.775 bits per heavy atom. The van der Waals surface area contributed by atoms with Crippen LogP contribution in [-0.4, -0.2) is 64.0 Å². The number of phenolic OH excluding ortho intramolecular Hbond substituents is 1. The van der Waals surface area contributed by atoms with Crippen molar-refractivity contribution < 1.29 is 34.2 Å². The lowest BCUT2D eigenvalue weighted by Crippen LogP contribution is -2.59. The summed E-state index contributed by atoms with van der Waals surface area (Å²) in [5, 5.41) is 27.0. The molecule has 0 spiro atoms. The van der Waals surface area contributed by atoms with Gasteiger partial charge in [0.2, 0.25) is 23.6 Å². The highest BCUT2D eigenvalue weighted by Gasteiger charge is 2.32. The molecule has 40 heavy (non-hydrogen) atoms. The van der Waals surface area contributed by atoms with Crippen LogP contribution in [0.15, 0.2) is 54.6 Å². The van der Waals surface area contributed by atoms with Gasteiger partial charge in [0.1, 0.15) is 23.9 Å². The maximum absolute atomic E-state index is 13.3. The summed E-state index contributed by atoms with van der Waals surface area (Å²) in [6.07, 6.45) is -0.102. The van der Waals surface area contributed by atoms with Crippen LogP contribution in [0.5, 0.6) is 5.75 Å². The van der Waals surface area contributed by atoms with E-state index in [2.05, 4.69) is 16.0 Å². The number of phenols is 1. The summed E-state index contributed by atoms with van der Waals surface area (Å²) < 4.78 is 0. The summed E-state index contributed by atoms with van der Waals surface area (Å²) in [5.74, 6) is -4.34. The summed E-state index contributed by atoms with van der Waals surface area (Å²) in [6, 6.07) is 10.1. The van der Waals surface area contributed by atoms with Crippen LogP contribution in [0.3, 0.4) is 0 Å². The average molecular weight is 556 g/mol. The molecular formula is C28H37N5O7. The van der Waals surface area contributed by atoms with Gasteiger partial charge in [-0.1, -0.05) is 56.3 Å². The highest BCUT2D eigenvalue weighted by molar-refractivity contribution is 5.94. The fourth-order valence-corrected chi connectivity index (χ4v) is 3.88. The third-order valence-electron chi connectivity index (χ3n) is 6.19. The van der Waals surface area contributed by atoms with Crippen molar-refractivity contribution in [1.82, 2.24) is 16.0 Å². The molecule has 0 aromatic heterocycles. The molecule has 4 amide bonds. The second kappa shape index (κ2) is 15.2.